The number of hydrogen-bond acceptors (Lipinski definition) is 3. The van der Waals surface area contributed by atoms with E-state index >= 15 is 0 Å². The molecule has 24 heavy (non-hydrogen) atoms. The summed E-state index contributed by atoms with van der Waals surface area (Å²) in [4.78, 5) is 27.8. The van der Waals surface area contributed by atoms with E-state index in [-0.39, 0.29) is 11.8 Å². The van der Waals surface area contributed by atoms with Gasteiger partial charge in [-0.15, -0.1) is 0 Å². The molecule has 0 bridgehead atoms. The predicted octanol–water partition coefficient (Wildman–Crippen LogP) is 2.24. The molecule has 0 saturated heterocycles. The lowest BCUT2D eigenvalue weighted by Gasteiger charge is -2.16. The Morgan fingerprint density at radius 3 is 2.58 bits per heavy atom. The first-order chi connectivity index (χ1) is 11.4. The fraction of sp³-hybridized carbons (Fsp3) is 0.389. The van der Waals surface area contributed by atoms with Crippen LogP contribution in [0.1, 0.15) is 25.8 Å². The Morgan fingerprint density at radius 1 is 1.38 bits per heavy atom. The summed E-state index contributed by atoms with van der Waals surface area (Å²) in [6.45, 7) is 4.11. The Labute approximate surface area is 140 Å². The Bertz CT molecular complexity index is 737. The molecule has 1 aliphatic rings. The zero-order valence-electron chi connectivity index (χ0n) is 13.8. The SMILES string of the molecule is CC(C)C1(C(=O)O)CC1C(=O)NCc1ccc(-n2ccnc2)cc1. The minimum absolute atomic E-state index is 0.0554. The highest BCUT2D eigenvalue weighted by atomic mass is 16.4. The molecule has 0 spiro atoms. The number of nitrogens with one attached hydrogen (secondary N) is 1. The summed E-state index contributed by atoms with van der Waals surface area (Å²) in [6, 6.07) is 7.79. The van der Waals surface area contributed by atoms with Crippen molar-refractivity contribution in [2.24, 2.45) is 17.3 Å². The molecule has 0 radical (unpaired) electrons. The van der Waals surface area contributed by atoms with Crippen LogP contribution in [0.3, 0.4) is 0 Å². The number of carboxylic acid groups (broad SMARTS) is 1. The van der Waals surface area contributed by atoms with Crippen LogP contribution in [0, 0.1) is 17.3 Å². The van der Waals surface area contributed by atoms with Gasteiger partial charge in [0, 0.05) is 24.6 Å². The van der Waals surface area contributed by atoms with Gasteiger partial charge in [0.15, 0.2) is 0 Å². The van der Waals surface area contributed by atoms with Gasteiger partial charge in [0.25, 0.3) is 0 Å². The number of aromatic nitrogens is 2. The molecule has 6 heteroatoms. The molecule has 2 atom stereocenters. The molecule has 1 heterocycles. The van der Waals surface area contributed by atoms with Gasteiger partial charge in [0.1, 0.15) is 0 Å². The third kappa shape index (κ3) is 2.79. The van der Waals surface area contributed by atoms with Crippen LogP contribution in [-0.2, 0) is 16.1 Å². The second kappa shape index (κ2) is 6.11. The van der Waals surface area contributed by atoms with Crippen molar-refractivity contribution in [3.63, 3.8) is 0 Å². The molecule has 2 N–H and O–H groups in total. The number of aliphatic carboxylic acids is 1. The van der Waals surface area contributed by atoms with Gasteiger partial charge in [0.2, 0.25) is 5.91 Å². The third-order valence-corrected chi connectivity index (χ3v) is 4.95. The standard InChI is InChI=1S/C18H21N3O3/c1-12(2)18(17(23)24)9-15(18)16(22)20-10-13-3-5-14(6-4-13)21-8-7-19-11-21/h3-8,11-12,15H,9-10H2,1-2H3,(H,20,22)(H,23,24). The minimum Gasteiger partial charge on any atom is -0.481 e. The Hall–Kier alpha value is -2.63. The lowest BCUT2D eigenvalue weighted by atomic mass is 9.89. The summed E-state index contributed by atoms with van der Waals surface area (Å²) in [6.07, 6.45) is 5.72. The summed E-state index contributed by atoms with van der Waals surface area (Å²) in [5.74, 6) is -1.53. The summed E-state index contributed by atoms with van der Waals surface area (Å²) in [5, 5.41) is 12.3. The summed E-state index contributed by atoms with van der Waals surface area (Å²) in [7, 11) is 0. The maximum atomic E-state index is 12.3. The number of carboxylic acids is 1. The maximum Gasteiger partial charge on any atom is 0.310 e. The van der Waals surface area contributed by atoms with E-state index < -0.39 is 17.3 Å². The molecule has 1 amide bonds. The van der Waals surface area contributed by atoms with E-state index in [0.717, 1.165) is 11.3 Å². The molecule has 3 rings (SSSR count). The Morgan fingerprint density at radius 2 is 2.08 bits per heavy atom. The minimum atomic E-state index is -0.893. The van der Waals surface area contributed by atoms with Crippen molar-refractivity contribution in [3.05, 3.63) is 48.5 Å². The van der Waals surface area contributed by atoms with Crippen molar-refractivity contribution in [2.75, 3.05) is 0 Å². The van der Waals surface area contributed by atoms with E-state index in [0.29, 0.717) is 13.0 Å². The van der Waals surface area contributed by atoms with E-state index in [1.165, 1.54) is 0 Å². The van der Waals surface area contributed by atoms with Crippen molar-refractivity contribution in [1.82, 2.24) is 14.9 Å². The van der Waals surface area contributed by atoms with Crippen molar-refractivity contribution >= 4 is 11.9 Å². The van der Waals surface area contributed by atoms with E-state index in [1.54, 1.807) is 12.5 Å². The van der Waals surface area contributed by atoms with Crippen LogP contribution >= 0.6 is 0 Å². The number of hydrogen-bond donors (Lipinski definition) is 2. The topological polar surface area (TPSA) is 84.2 Å². The van der Waals surface area contributed by atoms with Crippen molar-refractivity contribution in [1.29, 1.82) is 0 Å². The van der Waals surface area contributed by atoms with Gasteiger partial charge in [-0.1, -0.05) is 26.0 Å². The quantitative estimate of drug-likeness (QED) is 0.852. The Kier molecular flexibility index (Phi) is 4.13. The molecule has 126 valence electrons. The highest BCUT2D eigenvalue weighted by molar-refractivity contribution is 5.92. The molecule has 2 aromatic rings. The lowest BCUT2D eigenvalue weighted by Crippen LogP contribution is -2.32. The van der Waals surface area contributed by atoms with Crippen molar-refractivity contribution in [3.8, 4) is 5.69 Å². The largest absolute Gasteiger partial charge is 0.481 e. The first-order valence-corrected chi connectivity index (χ1v) is 8.03. The first kappa shape index (κ1) is 16.2. The average molecular weight is 327 g/mol. The second-order valence-electron chi connectivity index (χ2n) is 6.61. The van der Waals surface area contributed by atoms with Gasteiger partial charge < -0.3 is 15.0 Å². The third-order valence-electron chi connectivity index (χ3n) is 4.95. The van der Waals surface area contributed by atoms with Crippen LogP contribution in [0.5, 0.6) is 0 Å². The number of amides is 1. The second-order valence-corrected chi connectivity index (χ2v) is 6.61. The van der Waals surface area contributed by atoms with Gasteiger partial charge >= 0.3 is 5.97 Å². The monoisotopic (exact) mass is 327 g/mol. The van der Waals surface area contributed by atoms with Gasteiger partial charge in [0.05, 0.1) is 17.7 Å². The number of benzene rings is 1. The summed E-state index contributed by atoms with van der Waals surface area (Å²) in [5.41, 5.74) is 1.07. The first-order valence-electron chi connectivity index (χ1n) is 8.03. The van der Waals surface area contributed by atoms with Gasteiger partial charge in [-0.3, -0.25) is 9.59 Å². The zero-order valence-corrected chi connectivity index (χ0v) is 13.8. The number of carbonyl (C=O) groups is 2. The highest BCUT2D eigenvalue weighted by Gasteiger charge is 2.65. The number of carbonyl (C=O) groups excluding carboxylic acids is 1. The normalized spacial score (nSPS) is 22.4. The lowest BCUT2D eigenvalue weighted by molar-refractivity contribution is -0.147. The number of rotatable bonds is 6. The van der Waals surface area contributed by atoms with Gasteiger partial charge in [-0.2, -0.15) is 0 Å². The molecule has 2 unspecified atom stereocenters. The predicted molar refractivity (Wildman–Crippen MR) is 88.4 cm³/mol. The van der Waals surface area contributed by atoms with E-state index in [9.17, 15) is 14.7 Å². The van der Waals surface area contributed by atoms with Crippen molar-refractivity contribution < 1.29 is 14.7 Å². The van der Waals surface area contributed by atoms with Crippen LogP contribution in [0.4, 0.5) is 0 Å². The van der Waals surface area contributed by atoms with E-state index in [4.69, 9.17) is 0 Å². The van der Waals surface area contributed by atoms with Crippen LogP contribution < -0.4 is 5.32 Å². The fourth-order valence-corrected chi connectivity index (χ4v) is 3.24. The van der Waals surface area contributed by atoms with Gasteiger partial charge in [-0.25, -0.2) is 4.98 Å². The number of imidazole rings is 1. The number of nitrogens with zero attached hydrogens (tertiary/aromatic N) is 2. The zero-order chi connectivity index (χ0) is 17.3. The molecular weight excluding hydrogens is 306 g/mol. The highest BCUT2D eigenvalue weighted by Crippen LogP contribution is 2.58. The fourth-order valence-electron chi connectivity index (χ4n) is 3.24. The Balaban J connectivity index is 1.58. The molecule has 1 aromatic heterocycles. The molecule has 1 saturated carbocycles. The van der Waals surface area contributed by atoms with Gasteiger partial charge in [-0.05, 0) is 30.0 Å². The smallest absolute Gasteiger partial charge is 0.310 e. The van der Waals surface area contributed by atoms with E-state index in [2.05, 4.69) is 10.3 Å². The van der Waals surface area contributed by atoms with E-state index in [1.807, 2.05) is 48.9 Å². The van der Waals surface area contributed by atoms with Crippen LogP contribution in [0.15, 0.2) is 43.0 Å². The summed E-state index contributed by atoms with van der Waals surface area (Å²) < 4.78 is 1.90. The van der Waals surface area contributed by atoms with Crippen LogP contribution in [-0.4, -0.2) is 26.5 Å². The van der Waals surface area contributed by atoms with Crippen LogP contribution in [0.2, 0.25) is 0 Å². The molecule has 1 aromatic carbocycles. The molecule has 1 fully saturated rings. The molecule has 6 nitrogen and oxygen atoms in total. The van der Waals surface area contributed by atoms with Crippen molar-refractivity contribution in [2.45, 2.75) is 26.8 Å². The average Bonchev–Trinajstić information content (AvgIpc) is 3.12. The van der Waals surface area contributed by atoms with Crippen LogP contribution in [0.25, 0.3) is 5.69 Å². The molecule has 0 aliphatic heterocycles. The molecular formula is C18H21N3O3. The summed E-state index contributed by atoms with van der Waals surface area (Å²) >= 11 is 0. The maximum absolute atomic E-state index is 12.3. The molecule has 1 aliphatic carbocycles.